The molecule has 1 unspecified atom stereocenters. The highest BCUT2D eigenvalue weighted by molar-refractivity contribution is 5.89. The number of hydrazine groups is 1. The van der Waals surface area contributed by atoms with Crippen LogP contribution in [0.25, 0.3) is 0 Å². The molecule has 40 heavy (non-hydrogen) atoms. The number of rotatable bonds is 8. The molecular formula is C31H32N3O6+. The van der Waals surface area contributed by atoms with Crippen molar-refractivity contribution < 1.29 is 33.3 Å². The fourth-order valence-corrected chi connectivity index (χ4v) is 5.06. The molecule has 0 N–H and O–H groups in total. The summed E-state index contributed by atoms with van der Waals surface area (Å²) in [6, 6.07) is 26.1. The lowest BCUT2D eigenvalue weighted by atomic mass is 10.0. The van der Waals surface area contributed by atoms with Crippen molar-refractivity contribution >= 4 is 23.9 Å². The van der Waals surface area contributed by atoms with E-state index in [1.807, 2.05) is 78.9 Å². The zero-order valence-corrected chi connectivity index (χ0v) is 22.4. The molecule has 2 amide bonds. The Morgan fingerprint density at radius 3 is 2.17 bits per heavy atom. The van der Waals surface area contributed by atoms with Gasteiger partial charge in [0.25, 0.3) is 0 Å². The van der Waals surface area contributed by atoms with Crippen molar-refractivity contribution in [3.05, 3.63) is 102 Å². The minimum Gasteiger partial charge on any atom is -0.441 e. The van der Waals surface area contributed by atoms with Gasteiger partial charge in [-0.3, -0.25) is 9.69 Å². The minimum atomic E-state index is -0.603. The molecular weight excluding hydrogens is 510 g/mol. The Bertz CT molecular complexity index is 1390. The molecule has 0 spiro atoms. The van der Waals surface area contributed by atoms with Gasteiger partial charge in [-0.05, 0) is 35.2 Å². The van der Waals surface area contributed by atoms with E-state index in [9.17, 15) is 14.4 Å². The number of esters is 1. The van der Waals surface area contributed by atoms with Crippen LogP contribution in [0.15, 0.2) is 84.9 Å². The molecule has 9 heteroatoms. The number of carbonyl (C=O) groups is 3. The maximum atomic E-state index is 13.3. The summed E-state index contributed by atoms with van der Waals surface area (Å²) in [6.45, 7) is 3.37. The van der Waals surface area contributed by atoms with E-state index in [1.165, 1.54) is 16.6 Å². The van der Waals surface area contributed by atoms with Gasteiger partial charge in [0.2, 0.25) is 5.71 Å². The fraction of sp³-hybridized carbons (Fsp3) is 0.290. The largest absolute Gasteiger partial charge is 0.627 e. The molecule has 3 aromatic rings. The highest BCUT2D eigenvalue weighted by Crippen LogP contribution is 2.25. The summed E-state index contributed by atoms with van der Waals surface area (Å²) in [7, 11) is 0. The number of amides is 2. The third kappa shape index (κ3) is 6.73. The number of hydrogen-bond acceptors (Lipinski definition) is 7. The first-order valence-corrected chi connectivity index (χ1v) is 13.3. The van der Waals surface area contributed by atoms with Crippen LogP contribution in [0, 0.1) is 0 Å². The van der Waals surface area contributed by atoms with Gasteiger partial charge in [-0.15, -0.1) is 0 Å². The van der Waals surface area contributed by atoms with E-state index in [4.69, 9.17) is 14.2 Å². The van der Waals surface area contributed by atoms with Crippen molar-refractivity contribution in [3.8, 4) is 5.75 Å². The van der Waals surface area contributed by atoms with Gasteiger partial charge in [0.05, 0.1) is 13.0 Å². The van der Waals surface area contributed by atoms with Crippen molar-refractivity contribution in [3.63, 3.8) is 0 Å². The number of piperidine rings is 1. The summed E-state index contributed by atoms with van der Waals surface area (Å²) in [5, 5.41) is 1.41. The minimum absolute atomic E-state index is 0.101. The van der Waals surface area contributed by atoms with Crippen molar-refractivity contribution in [2.45, 2.75) is 39.0 Å². The van der Waals surface area contributed by atoms with Gasteiger partial charge < -0.3 is 14.2 Å². The number of hydrogen-bond donors (Lipinski definition) is 0. The maximum absolute atomic E-state index is 13.3. The van der Waals surface area contributed by atoms with Gasteiger partial charge in [-0.1, -0.05) is 77.8 Å². The Morgan fingerprint density at radius 2 is 1.50 bits per heavy atom. The van der Waals surface area contributed by atoms with Gasteiger partial charge in [0.15, 0.2) is 0 Å². The molecule has 3 aromatic carbocycles. The first-order valence-electron chi connectivity index (χ1n) is 13.3. The Balaban J connectivity index is 1.30. The molecule has 0 radical (unpaired) electrons. The second kappa shape index (κ2) is 12.6. The number of nitrogens with zero attached hydrogens (tertiary/aromatic N) is 3. The average molecular weight is 543 g/mol. The first kappa shape index (κ1) is 27.1. The topological polar surface area (TPSA) is 88.4 Å². The summed E-state index contributed by atoms with van der Waals surface area (Å²) >= 11 is 0. The predicted molar refractivity (Wildman–Crippen MR) is 147 cm³/mol. The molecule has 9 nitrogen and oxygen atoms in total. The number of carbonyl (C=O) groups excluding carboxylic acids is 3. The van der Waals surface area contributed by atoms with Gasteiger partial charge in [0.1, 0.15) is 25.0 Å². The van der Waals surface area contributed by atoms with Crippen molar-refractivity contribution in [1.82, 2.24) is 9.91 Å². The molecule has 2 aliphatic rings. The maximum Gasteiger partial charge on any atom is 0.627 e. The standard InChI is InChI=1S/C31H32N3O6/c1-23(35)40-29-14-8-13-24(17-29)15-16-32-19-27-18-28(20-32)34(31(37)39-22-26-11-6-3-7-12-26)33(27)30(36)38-21-25-9-4-2-5-10-25/h2-14,17,27H,15-16,18-22H2,1H3/q+1. The molecule has 0 aliphatic carbocycles. The zero-order chi connectivity index (χ0) is 27.9. The predicted octanol–water partition coefficient (Wildman–Crippen LogP) is 4.59. The van der Waals surface area contributed by atoms with E-state index in [1.54, 1.807) is 6.07 Å². The number of fused-ring (bicyclic) bond motifs is 2. The second-order valence-electron chi connectivity index (χ2n) is 9.89. The zero-order valence-electron chi connectivity index (χ0n) is 22.4. The van der Waals surface area contributed by atoms with Crippen LogP contribution in [0.1, 0.15) is 30.0 Å². The third-order valence-corrected chi connectivity index (χ3v) is 6.85. The van der Waals surface area contributed by atoms with Crippen molar-refractivity contribution in [2.24, 2.45) is 0 Å². The van der Waals surface area contributed by atoms with E-state index in [2.05, 4.69) is 4.90 Å². The molecule has 0 saturated carbocycles. The third-order valence-electron chi connectivity index (χ3n) is 6.85. The van der Waals surface area contributed by atoms with Crippen LogP contribution in [0.5, 0.6) is 5.75 Å². The second-order valence-corrected chi connectivity index (χ2v) is 9.89. The first-order chi connectivity index (χ1) is 19.5. The molecule has 1 fully saturated rings. The number of hydrazone groups is 1. The molecule has 2 heterocycles. The summed E-state index contributed by atoms with van der Waals surface area (Å²) in [5.74, 6) is 0.150. The van der Waals surface area contributed by atoms with E-state index in [0.29, 0.717) is 38.2 Å². The SMILES string of the molecule is CC(=O)Oc1cccc(CCN2CC3=[N+](C(=O)OCc4ccccc4)N(C(=O)OCc4ccccc4)C(C3)C2)c1. The molecule has 206 valence electrons. The Labute approximate surface area is 233 Å². The molecule has 0 aromatic heterocycles. The molecule has 2 bridgehead atoms. The number of likely N-dealkylation sites (tertiary alicyclic amines) is 1. The van der Waals surface area contributed by atoms with Crippen LogP contribution < -0.4 is 4.74 Å². The lowest BCUT2D eigenvalue weighted by molar-refractivity contribution is -0.597. The van der Waals surface area contributed by atoms with E-state index in [0.717, 1.165) is 22.4 Å². The molecule has 1 saturated heterocycles. The highest BCUT2D eigenvalue weighted by atomic mass is 16.6. The smallest absolute Gasteiger partial charge is 0.441 e. The van der Waals surface area contributed by atoms with E-state index >= 15 is 0 Å². The van der Waals surface area contributed by atoms with Gasteiger partial charge in [0, 0.05) is 24.7 Å². The van der Waals surface area contributed by atoms with Crippen LogP contribution in [0.2, 0.25) is 0 Å². The number of ether oxygens (including phenoxy) is 3. The van der Waals surface area contributed by atoms with Crippen LogP contribution in [-0.4, -0.2) is 64.1 Å². The number of benzene rings is 3. The quantitative estimate of drug-likeness (QED) is 0.234. The van der Waals surface area contributed by atoms with Gasteiger partial charge in [-0.2, -0.15) is 4.79 Å². The Morgan fingerprint density at radius 1 is 0.850 bits per heavy atom. The van der Waals surface area contributed by atoms with Gasteiger partial charge >= 0.3 is 18.2 Å². The lowest BCUT2D eigenvalue weighted by Crippen LogP contribution is -2.49. The van der Waals surface area contributed by atoms with Crippen LogP contribution in [-0.2, 0) is 33.9 Å². The summed E-state index contributed by atoms with van der Waals surface area (Å²) in [4.78, 5) is 40.2. The van der Waals surface area contributed by atoms with Gasteiger partial charge in [-0.25, -0.2) is 4.79 Å². The summed E-state index contributed by atoms with van der Waals surface area (Å²) < 4.78 is 17.8. The molecule has 1 atom stereocenters. The average Bonchev–Trinajstić information content (AvgIpc) is 3.24. The van der Waals surface area contributed by atoms with Crippen LogP contribution in [0.3, 0.4) is 0 Å². The van der Waals surface area contributed by atoms with E-state index < -0.39 is 12.2 Å². The fourth-order valence-electron chi connectivity index (χ4n) is 5.06. The van der Waals surface area contributed by atoms with Crippen LogP contribution in [0.4, 0.5) is 9.59 Å². The van der Waals surface area contributed by atoms with Crippen molar-refractivity contribution in [1.29, 1.82) is 0 Å². The highest BCUT2D eigenvalue weighted by Gasteiger charge is 2.53. The van der Waals surface area contributed by atoms with E-state index in [-0.39, 0.29) is 25.2 Å². The Kier molecular flexibility index (Phi) is 8.51. The molecule has 2 aliphatic heterocycles. The van der Waals surface area contributed by atoms with Crippen LogP contribution >= 0.6 is 0 Å². The summed E-state index contributed by atoms with van der Waals surface area (Å²) in [5.41, 5.74) is 3.54. The Hall–Kier alpha value is -4.50. The monoisotopic (exact) mass is 542 g/mol. The van der Waals surface area contributed by atoms with Crippen molar-refractivity contribution in [2.75, 3.05) is 19.6 Å². The summed E-state index contributed by atoms with van der Waals surface area (Å²) in [6.07, 6.45) is 0.0936. The molecule has 5 rings (SSSR count). The normalized spacial score (nSPS) is 16.5. The lowest BCUT2D eigenvalue weighted by Gasteiger charge is -2.27.